The van der Waals surface area contributed by atoms with Gasteiger partial charge >= 0.3 is 0 Å². The van der Waals surface area contributed by atoms with Crippen LogP contribution in [0.3, 0.4) is 0 Å². The van der Waals surface area contributed by atoms with Crippen molar-refractivity contribution >= 4 is 13.5 Å². The second-order valence-corrected chi connectivity index (χ2v) is 3.32. The van der Waals surface area contributed by atoms with Gasteiger partial charge in [0, 0.05) is 13.1 Å². The van der Waals surface area contributed by atoms with Gasteiger partial charge in [0.05, 0.1) is 6.61 Å². The van der Waals surface area contributed by atoms with Gasteiger partial charge in [-0.05, 0) is 12.1 Å². The summed E-state index contributed by atoms with van der Waals surface area (Å²) < 4.78 is 11.1. The quantitative estimate of drug-likeness (QED) is 0.841. The number of nitrogens with one attached hydrogen (secondary N) is 1. The largest absolute Gasteiger partial charge is 0.491 e. The highest BCUT2D eigenvalue weighted by Crippen LogP contribution is 2.09. The van der Waals surface area contributed by atoms with Crippen LogP contribution in [-0.4, -0.2) is 32.4 Å². The third-order valence-electron chi connectivity index (χ3n) is 2.18. The van der Waals surface area contributed by atoms with E-state index in [1.54, 1.807) is 0 Å². The van der Waals surface area contributed by atoms with E-state index in [1.807, 2.05) is 30.3 Å². The summed E-state index contributed by atoms with van der Waals surface area (Å²) in [6.07, 6.45) is 0.184. The SMILES string of the molecule is S.c1ccc(OCC2CNCCO2)cc1. The van der Waals surface area contributed by atoms with Crippen LogP contribution in [0.15, 0.2) is 30.3 Å². The second-order valence-electron chi connectivity index (χ2n) is 3.32. The smallest absolute Gasteiger partial charge is 0.119 e. The first kappa shape index (κ1) is 12.4. The van der Waals surface area contributed by atoms with Crippen LogP contribution in [0.25, 0.3) is 0 Å². The van der Waals surface area contributed by atoms with Gasteiger partial charge in [-0.2, -0.15) is 13.5 Å². The molecule has 1 aromatic carbocycles. The minimum atomic E-state index is 0. The topological polar surface area (TPSA) is 30.5 Å². The lowest BCUT2D eigenvalue weighted by Gasteiger charge is -2.23. The molecule has 1 N–H and O–H groups in total. The summed E-state index contributed by atoms with van der Waals surface area (Å²) in [7, 11) is 0. The Morgan fingerprint density at radius 3 is 2.80 bits per heavy atom. The molecule has 0 amide bonds. The zero-order valence-corrected chi connectivity index (χ0v) is 9.61. The number of benzene rings is 1. The van der Waals surface area contributed by atoms with Gasteiger partial charge in [-0.1, -0.05) is 18.2 Å². The minimum absolute atomic E-state index is 0. The van der Waals surface area contributed by atoms with Crippen molar-refractivity contribution in [1.82, 2.24) is 5.32 Å². The van der Waals surface area contributed by atoms with Crippen molar-refractivity contribution in [2.24, 2.45) is 0 Å². The van der Waals surface area contributed by atoms with Crippen molar-refractivity contribution in [3.05, 3.63) is 30.3 Å². The molecule has 1 atom stereocenters. The predicted octanol–water partition coefficient (Wildman–Crippen LogP) is 1.17. The molecule has 0 bridgehead atoms. The molecule has 1 aliphatic rings. The molecule has 0 aliphatic carbocycles. The molecule has 1 saturated heterocycles. The number of para-hydroxylation sites is 1. The summed E-state index contributed by atoms with van der Waals surface area (Å²) in [6.45, 7) is 3.23. The first-order valence-electron chi connectivity index (χ1n) is 4.95. The van der Waals surface area contributed by atoms with Gasteiger partial charge in [0.25, 0.3) is 0 Å². The standard InChI is InChI=1S/C11H15NO2.H2S/c1-2-4-10(5-3-1)14-9-11-8-12-6-7-13-11;/h1-5,11-12H,6-9H2;1H2. The fourth-order valence-corrected chi connectivity index (χ4v) is 1.43. The molecule has 2 rings (SSSR count). The van der Waals surface area contributed by atoms with E-state index in [1.165, 1.54) is 0 Å². The lowest BCUT2D eigenvalue weighted by Crippen LogP contribution is -2.41. The van der Waals surface area contributed by atoms with Crippen molar-refractivity contribution in [3.8, 4) is 5.75 Å². The van der Waals surface area contributed by atoms with Crippen LogP contribution in [-0.2, 0) is 4.74 Å². The highest BCUT2D eigenvalue weighted by atomic mass is 32.1. The van der Waals surface area contributed by atoms with Crippen LogP contribution >= 0.6 is 13.5 Å². The maximum absolute atomic E-state index is 5.58. The molecule has 84 valence electrons. The number of ether oxygens (including phenoxy) is 2. The Morgan fingerprint density at radius 2 is 2.13 bits per heavy atom. The van der Waals surface area contributed by atoms with Crippen LogP contribution < -0.4 is 10.1 Å². The number of hydrogen-bond acceptors (Lipinski definition) is 3. The second kappa shape index (κ2) is 6.71. The Labute approximate surface area is 97.2 Å². The van der Waals surface area contributed by atoms with E-state index in [4.69, 9.17) is 9.47 Å². The lowest BCUT2D eigenvalue weighted by molar-refractivity contribution is 0.000196. The highest BCUT2D eigenvalue weighted by Gasteiger charge is 2.13. The molecule has 1 heterocycles. The van der Waals surface area contributed by atoms with E-state index < -0.39 is 0 Å². The molecule has 0 saturated carbocycles. The average Bonchev–Trinajstić information content (AvgIpc) is 2.29. The summed E-state index contributed by atoms with van der Waals surface area (Å²) in [5.74, 6) is 0.904. The van der Waals surface area contributed by atoms with Crippen molar-refractivity contribution in [2.45, 2.75) is 6.10 Å². The predicted molar refractivity (Wildman–Crippen MR) is 64.9 cm³/mol. The van der Waals surface area contributed by atoms with Gasteiger partial charge in [0.15, 0.2) is 0 Å². The van der Waals surface area contributed by atoms with E-state index in [0.717, 1.165) is 25.4 Å². The van der Waals surface area contributed by atoms with Crippen molar-refractivity contribution in [3.63, 3.8) is 0 Å². The molecule has 4 heteroatoms. The van der Waals surface area contributed by atoms with Crippen LogP contribution in [0, 0.1) is 0 Å². The molecule has 15 heavy (non-hydrogen) atoms. The van der Waals surface area contributed by atoms with Crippen molar-refractivity contribution in [1.29, 1.82) is 0 Å². The van der Waals surface area contributed by atoms with Crippen molar-refractivity contribution in [2.75, 3.05) is 26.3 Å². The minimum Gasteiger partial charge on any atom is -0.491 e. The maximum atomic E-state index is 5.58. The molecule has 1 fully saturated rings. The van der Waals surface area contributed by atoms with Gasteiger partial charge in [-0.15, -0.1) is 0 Å². The van der Waals surface area contributed by atoms with Crippen LogP contribution in [0.5, 0.6) is 5.75 Å². The van der Waals surface area contributed by atoms with Gasteiger partial charge in [-0.25, -0.2) is 0 Å². The van der Waals surface area contributed by atoms with Crippen LogP contribution in [0.4, 0.5) is 0 Å². The number of hydrogen-bond donors (Lipinski definition) is 1. The molecule has 0 spiro atoms. The van der Waals surface area contributed by atoms with Crippen LogP contribution in [0.2, 0.25) is 0 Å². The zero-order chi connectivity index (χ0) is 9.64. The van der Waals surface area contributed by atoms with Gasteiger partial charge in [0.2, 0.25) is 0 Å². The summed E-state index contributed by atoms with van der Waals surface area (Å²) >= 11 is 0. The Kier molecular flexibility index (Phi) is 5.53. The first-order valence-corrected chi connectivity index (χ1v) is 4.95. The summed E-state index contributed by atoms with van der Waals surface area (Å²) in [5.41, 5.74) is 0. The third kappa shape index (κ3) is 4.11. The monoisotopic (exact) mass is 227 g/mol. The molecule has 3 nitrogen and oxygen atoms in total. The first-order chi connectivity index (χ1) is 6.95. The molecule has 1 aliphatic heterocycles. The van der Waals surface area contributed by atoms with Gasteiger partial charge < -0.3 is 14.8 Å². The Bertz CT molecular complexity index is 263. The Hall–Kier alpha value is -0.710. The van der Waals surface area contributed by atoms with Crippen molar-refractivity contribution < 1.29 is 9.47 Å². The maximum Gasteiger partial charge on any atom is 0.119 e. The number of rotatable bonds is 3. The summed E-state index contributed by atoms with van der Waals surface area (Å²) in [6, 6.07) is 9.82. The number of morpholine rings is 1. The van der Waals surface area contributed by atoms with E-state index in [2.05, 4.69) is 5.32 Å². The summed E-state index contributed by atoms with van der Waals surface area (Å²) in [5, 5.41) is 3.27. The Balaban J connectivity index is 0.00000112. The average molecular weight is 227 g/mol. The lowest BCUT2D eigenvalue weighted by atomic mass is 10.3. The zero-order valence-electron chi connectivity index (χ0n) is 8.61. The van der Waals surface area contributed by atoms with E-state index in [0.29, 0.717) is 6.61 Å². The van der Waals surface area contributed by atoms with Crippen LogP contribution in [0.1, 0.15) is 0 Å². The molecule has 0 aromatic heterocycles. The highest BCUT2D eigenvalue weighted by molar-refractivity contribution is 7.59. The normalized spacial score (nSPS) is 20.4. The molecule has 1 unspecified atom stereocenters. The fourth-order valence-electron chi connectivity index (χ4n) is 1.43. The molecular weight excluding hydrogens is 210 g/mol. The van der Waals surface area contributed by atoms with E-state index in [-0.39, 0.29) is 19.6 Å². The molecule has 1 aromatic rings. The summed E-state index contributed by atoms with van der Waals surface area (Å²) in [4.78, 5) is 0. The van der Waals surface area contributed by atoms with E-state index in [9.17, 15) is 0 Å². The molecular formula is C11H17NO2S. The van der Waals surface area contributed by atoms with Gasteiger partial charge in [-0.3, -0.25) is 0 Å². The fraction of sp³-hybridized carbons (Fsp3) is 0.455. The van der Waals surface area contributed by atoms with Gasteiger partial charge in [0.1, 0.15) is 18.5 Å². The molecule has 0 radical (unpaired) electrons. The van der Waals surface area contributed by atoms with E-state index >= 15 is 0 Å². The Morgan fingerprint density at radius 1 is 1.33 bits per heavy atom. The third-order valence-corrected chi connectivity index (χ3v) is 2.18.